The summed E-state index contributed by atoms with van der Waals surface area (Å²) in [6, 6.07) is 9.60. The van der Waals surface area contributed by atoms with Crippen LogP contribution < -0.4 is 4.90 Å². The van der Waals surface area contributed by atoms with Crippen LogP contribution in [0.15, 0.2) is 47.2 Å². The van der Waals surface area contributed by atoms with E-state index in [9.17, 15) is 4.79 Å². The van der Waals surface area contributed by atoms with Crippen molar-refractivity contribution >= 4 is 22.8 Å². The molecule has 0 aromatic carbocycles. The molecule has 0 saturated carbocycles. The van der Waals surface area contributed by atoms with Gasteiger partial charge in [-0.1, -0.05) is 6.07 Å². The smallest absolute Gasteiger partial charge is 0.270 e. The fourth-order valence-corrected chi connectivity index (χ4v) is 3.10. The van der Waals surface area contributed by atoms with Crippen LogP contribution in [0.25, 0.3) is 11.1 Å². The van der Waals surface area contributed by atoms with Crippen molar-refractivity contribution in [3.63, 3.8) is 0 Å². The Balaban J connectivity index is 1.48. The molecule has 4 heterocycles. The first kappa shape index (κ1) is 13.9. The van der Waals surface area contributed by atoms with E-state index in [4.69, 9.17) is 4.42 Å². The summed E-state index contributed by atoms with van der Waals surface area (Å²) >= 11 is 0. The van der Waals surface area contributed by atoms with Gasteiger partial charge in [0.15, 0.2) is 5.58 Å². The number of nitrogens with zero attached hydrogens (tertiary/aromatic N) is 4. The highest BCUT2D eigenvalue weighted by atomic mass is 16.3. The largest absolute Gasteiger partial charge is 0.463 e. The molecule has 1 aliphatic heterocycles. The number of fused-ring (bicyclic) bond motifs is 1. The van der Waals surface area contributed by atoms with Crippen LogP contribution >= 0.6 is 0 Å². The molecule has 0 bridgehead atoms. The van der Waals surface area contributed by atoms with E-state index in [0.717, 1.165) is 30.0 Å². The lowest BCUT2D eigenvalue weighted by molar-refractivity contribution is 0.0737. The average molecular weight is 310 g/mol. The zero-order chi connectivity index (χ0) is 15.8. The van der Waals surface area contributed by atoms with Crippen molar-refractivity contribution in [3.8, 4) is 0 Å². The molecule has 0 unspecified atom stereocenters. The molecule has 118 valence electrons. The summed E-state index contributed by atoms with van der Waals surface area (Å²) in [7, 11) is 1.90. The number of anilines is 1. The van der Waals surface area contributed by atoms with Gasteiger partial charge in [0.05, 0.1) is 11.8 Å². The zero-order valence-corrected chi connectivity index (χ0v) is 13.0. The molecule has 1 fully saturated rings. The number of hydrogen-bond donors (Lipinski definition) is 0. The van der Waals surface area contributed by atoms with Crippen LogP contribution in [0.2, 0.25) is 0 Å². The third kappa shape index (κ3) is 2.36. The maximum Gasteiger partial charge on any atom is 0.270 e. The number of aryl methyl sites for hydroxylation is 1. The van der Waals surface area contributed by atoms with E-state index >= 15 is 0 Å². The van der Waals surface area contributed by atoms with E-state index in [-0.39, 0.29) is 5.91 Å². The third-order valence-corrected chi connectivity index (χ3v) is 4.42. The van der Waals surface area contributed by atoms with Crippen molar-refractivity contribution in [2.75, 3.05) is 31.1 Å². The third-order valence-electron chi connectivity index (χ3n) is 4.42. The van der Waals surface area contributed by atoms with Crippen LogP contribution in [-0.2, 0) is 7.05 Å². The fourth-order valence-electron chi connectivity index (χ4n) is 3.10. The van der Waals surface area contributed by atoms with Crippen LogP contribution in [0.3, 0.4) is 0 Å². The molecule has 3 aromatic rings. The van der Waals surface area contributed by atoms with E-state index in [0.29, 0.717) is 18.8 Å². The summed E-state index contributed by atoms with van der Waals surface area (Å²) in [5.41, 5.74) is 2.37. The Morgan fingerprint density at radius 2 is 2.00 bits per heavy atom. The monoisotopic (exact) mass is 310 g/mol. The van der Waals surface area contributed by atoms with Gasteiger partial charge < -0.3 is 18.8 Å². The Hall–Kier alpha value is -2.76. The molecule has 1 saturated heterocycles. The number of aromatic nitrogens is 2. The summed E-state index contributed by atoms with van der Waals surface area (Å²) in [5, 5.41) is 0. The molecule has 0 atom stereocenters. The second-order valence-corrected chi connectivity index (χ2v) is 5.73. The minimum Gasteiger partial charge on any atom is -0.463 e. The SMILES string of the molecule is Cn1c(C(=O)N2CCN(c3ccccn3)CC2)cc2occc21. The van der Waals surface area contributed by atoms with E-state index < -0.39 is 0 Å². The van der Waals surface area contributed by atoms with Crippen LogP contribution in [0.1, 0.15) is 10.5 Å². The lowest BCUT2D eigenvalue weighted by Crippen LogP contribution is -2.49. The minimum absolute atomic E-state index is 0.0552. The highest BCUT2D eigenvalue weighted by Crippen LogP contribution is 2.21. The van der Waals surface area contributed by atoms with Gasteiger partial charge in [0.25, 0.3) is 5.91 Å². The first-order chi connectivity index (χ1) is 11.2. The number of rotatable bonds is 2. The normalized spacial score (nSPS) is 15.3. The predicted octanol–water partition coefficient (Wildman–Crippen LogP) is 2.13. The summed E-state index contributed by atoms with van der Waals surface area (Å²) in [6.45, 7) is 2.98. The first-order valence-electron chi connectivity index (χ1n) is 7.72. The van der Waals surface area contributed by atoms with Gasteiger partial charge in [-0.25, -0.2) is 4.98 Å². The van der Waals surface area contributed by atoms with E-state index in [1.807, 2.05) is 46.8 Å². The van der Waals surface area contributed by atoms with Crippen LogP contribution in [-0.4, -0.2) is 46.5 Å². The Morgan fingerprint density at radius 3 is 2.70 bits per heavy atom. The molecule has 4 rings (SSSR count). The van der Waals surface area contributed by atoms with Crippen molar-refractivity contribution < 1.29 is 9.21 Å². The molecule has 3 aromatic heterocycles. The Kier molecular flexibility index (Phi) is 3.29. The molecular formula is C17H18N4O2. The molecular weight excluding hydrogens is 292 g/mol. The van der Waals surface area contributed by atoms with Gasteiger partial charge in [0, 0.05) is 51.6 Å². The number of hydrogen-bond acceptors (Lipinski definition) is 4. The van der Waals surface area contributed by atoms with Gasteiger partial charge in [0.2, 0.25) is 0 Å². The summed E-state index contributed by atoms with van der Waals surface area (Å²) < 4.78 is 7.28. The summed E-state index contributed by atoms with van der Waals surface area (Å²) in [4.78, 5) is 21.2. The molecule has 23 heavy (non-hydrogen) atoms. The lowest BCUT2D eigenvalue weighted by atomic mass is 10.2. The van der Waals surface area contributed by atoms with Crippen molar-refractivity contribution in [3.05, 3.63) is 48.5 Å². The minimum atomic E-state index is 0.0552. The van der Waals surface area contributed by atoms with Gasteiger partial charge in [-0.15, -0.1) is 0 Å². The summed E-state index contributed by atoms with van der Waals surface area (Å²) in [6.07, 6.45) is 3.44. The van der Waals surface area contributed by atoms with E-state index in [1.54, 1.807) is 12.5 Å². The van der Waals surface area contributed by atoms with Crippen molar-refractivity contribution in [1.82, 2.24) is 14.5 Å². The molecule has 1 aliphatic rings. The number of pyridine rings is 1. The standard InChI is InChI=1S/C17H18N4O2/c1-19-13-5-11-23-15(13)12-14(19)17(22)21-9-7-20(8-10-21)16-4-2-3-6-18-16/h2-6,11-12H,7-10H2,1H3. The molecule has 0 radical (unpaired) electrons. The van der Waals surface area contributed by atoms with E-state index in [1.165, 1.54) is 0 Å². The maximum atomic E-state index is 12.8. The summed E-state index contributed by atoms with van der Waals surface area (Å²) in [5.74, 6) is 1.02. The maximum absolute atomic E-state index is 12.8. The van der Waals surface area contributed by atoms with Gasteiger partial charge in [-0.3, -0.25) is 4.79 Å². The molecule has 0 aliphatic carbocycles. The first-order valence-corrected chi connectivity index (χ1v) is 7.72. The molecule has 6 nitrogen and oxygen atoms in total. The van der Waals surface area contributed by atoms with Gasteiger partial charge in [0.1, 0.15) is 11.5 Å². The number of carbonyl (C=O) groups is 1. The Morgan fingerprint density at radius 1 is 1.17 bits per heavy atom. The lowest BCUT2D eigenvalue weighted by Gasteiger charge is -2.35. The molecule has 0 N–H and O–H groups in total. The van der Waals surface area contributed by atoms with Gasteiger partial charge in [-0.05, 0) is 12.1 Å². The average Bonchev–Trinajstić information content (AvgIpc) is 3.18. The zero-order valence-electron chi connectivity index (χ0n) is 13.0. The van der Waals surface area contributed by atoms with Crippen LogP contribution in [0.4, 0.5) is 5.82 Å². The van der Waals surface area contributed by atoms with E-state index in [2.05, 4.69) is 9.88 Å². The Labute approximate surface area is 133 Å². The highest BCUT2D eigenvalue weighted by Gasteiger charge is 2.25. The van der Waals surface area contributed by atoms with Crippen LogP contribution in [0, 0.1) is 0 Å². The van der Waals surface area contributed by atoms with Gasteiger partial charge in [-0.2, -0.15) is 0 Å². The van der Waals surface area contributed by atoms with Crippen LogP contribution in [0.5, 0.6) is 0 Å². The van der Waals surface area contributed by atoms with Crippen molar-refractivity contribution in [1.29, 1.82) is 0 Å². The van der Waals surface area contributed by atoms with Crippen molar-refractivity contribution in [2.45, 2.75) is 0 Å². The quantitative estimate of drug-likeness (QED) is 0.727. The van der Waals surface area contributed by atoms with Gasteiger partial charge >= 0.3 is 0 Å². The molecule has 0 spiro atoms. The highest BCUT2D eigenvalue weighted by molar-refractivity contribution is 5.97. The van der Waals surface area contributed by atoms with Crippen molar-refractivity contribution in [2.24, 2.45) is 7.05 Å². The molecule has 1 amide bonds. The number of carbonyl (C=O) groups excluding carboxylic acids is 1. The second-order valence-electron chi connectivity index (χ2n) is 5.73. The fraction of sp³-hybridized carbons (Fsp3) is 0.294. The second kappa shape index (κ2) is 5.46. The number of piperazine rings is 1. The number of amides is 1. The predicted molar refractivity (Wildman–Crippen MR) is 87.5 cm³/mol. The topological polar surface area (TPSA) is 54.5 Å². The number of furan rings is 1. The Bertz CT molecular complexity index is 829. The molecule has 6 heteroatoms.